The maximum Gasteiger partial charge on any atom is 0.228 e. The number of amides is 1. The molecule has 0 radical (unpaired) electrons. The van der Waals surface area contributed by atoms with E-state index in [1.54, 1.807) is 25.1 Å². The minimum absolute atomic E-state index is 0.110. The Morgan fingerprint density at radius 1 is 1.26 bits per heavy atom. The van der Waals surface area contributed by atoms with Crippen molar-refractivity contribution in [1.82, 2.24) is 0 Å². The molecule has 1 aromatic rings. The maximum atomic E-state index is 11.8. The van der Waals surface area contributed by atoms with Crippen molar-refractivity contribution in [2.24, 2.45) is 5.92 Å². The fourth-order valence-electron chi connectivity index (χ4n) is 1.46. The number of nitrogens with one attached hydrogen (secondary N) is 1. The summed E-state index contributed by atoms with van der Waals surface area (Å²) in [6.07, 6.45) is 0. The van der Waals surface area contributed by atoms with Gasteiger partial charge in [-0.05, 0) is 26.0 Å². The third-order valence-corrected chi connectivity index (χ3v) is 2.95. The van der Waals surface area contributed by atoms with Crippen LogP contribution in [0.25, 0.3) is 0 Å². The molecule has 0 aliphatic rings. The van der Waals surface area contributed by atoms with Crippen molar-refractivity contribution in [2.75, 3.05) is 24.4 Å². The number of halogens is 1. The zero-order valence-corrected chi connectivity index (χ0v) is 12.3. The van der Waals surface area contributed by atoms with Gasteiger partial charge in [0.1, 0.15) is 0 Å². The quantitative estimate of drug-likeness (QED) is 0.782. The molecule has 1 amide bonds. The van der Waals surface area contributed by atoms with E-state index in [0.29, 0.717) is 36.3 Å². The van der Waals surface area contributed by atoms with Crippen LogP contribution in [0.15, 0.2) is 18.2 Å². The van der Waals surface area contributed by atoms with Crippen LogP contribution >= 0.6 is 11.6 Å². The van der Waals surface area contributed by atoms with E-state index in [4.69, 9.17) is 21.1 Å². The van der Waals surface area contributed by atoms with Crippen LogP contribution in [-0.2, 0) is 4.79 Å². The van der Waals surface area contributed by atoms with Crippen LogP contribution < -0.4 is 14.8 Å². The van der Waals surface area contributed by atoms with Crippen LogP contribution in [-0.4, -0.2) is 25.0 Å². The lowest BCUT2D eigenvalue weighted by atomic mass is 10.2. The molecule has 0 aliphatic heterocycles. The van der Waals surface area contributed by atoms with Gasteiger partial charge >= 0.3 is 0 Å². The average molecular weight is 286 g/mol. The summed E-state index contributed by atoms with van der Waals surface area (Å²) in [6, 6.07) is 5.33. The van der Waals surface area contributed by atoms with Crippen LogP contribution in [0.5, 0.6) is 11.5 Å². The van der Waals surface area contributed by atoms with Crippen molar-refractivity contribution in [3.8, 4) is 11.5 Å². The second kappa shape index (κ2) is 7.89. The van der Waals surface area contributed by atoms with Gasteiger partial charge in [-0.3, -0.25) is 4.79 Å². The zero-order chi connectivity index (χ0) is 14.3. The van der Waals surface area contributed by atoms with Gasteiger partial charge in [-0.15, -0.1) is 11.6 Å². The van der Waals surface area contributed by atoms with E-state index in [2.05, 4.69) is 5.32 Å². The summed E-state index contributed by atoms with van der Waals surface area (Å²) in [5.74, 6) is 1.25. The molecule has 0 spiro atoms. The van der Waals surface area contributed by atoms with Crippen LogP contribution in [0, 0.1) is 5.92 Å². The third-order valence-electron chi connectivity index (χ3n) is 2.49. The molecular formula is C14H20ClNO3. The summed E-state index contributed by atoms with van der Waals surface area (Å²) in [4.78, 5) is 11.8. The first-order valence-electron chi connectivity index (χ1n) is 6.38. The van der Waals surface area contributed by atoms with E-state index in [0.717, 1.165) is 0 Å². The molecule has 106 valence electrons. The Morgan fingerprint density at radius 2 is 1.89 bits per heavy atom. The van der Waals surface area contributed by atoms with Gasteiger partial charge in [0.2, 0.25) is 5.91 Å². The highest BCUT2D eigenvalue weighted by Gasteiger charge is 2.13. The molecule has 0 aliphatic carbocycles. The van der Waals surface area contributed by atoms with Crippen molar-refractivity contribution in [2.45, 2.75) is 20.8 Å². The van der Waals surface area contributed by atoms with Crippen LogP contribution in [0.4, 0.5) is 5.69 Å². The molecule has 1 N–H and O–H groups in total. The summed E-state index contributed by atoms with van der Waals surface area (Å²) in [5.41, 5.74) is 0.675. The Balaban J connectivity index is 2.85. The van der Waals surface area contributed by atoms with E-state index in [9.17, 15) is 4.79 Å². The second-order valence-corrected chi connectivity index (χ2v) is 4.38. The zero-order valence-electron chi connectivity index (χ0n) is 11.5. The topological polar surface area (TPSA) is 47.6 Å². The highest BCUT2D eigenvalue weighted by Crippen LogP contribution is 2.30. The summed E-state index contributed by atoms with van der Waals surface area (Å²) >= 11 is 5.66. The Bertz CT molecular complexity index is 423. The number of rotatable bonds is 7. The summed E-state index contributed by atoms with van der Waals surface area (Å²) in [5, 5.41) is 2.80. The van der Waals surface area contributed by atoms with Crippen molar-refractivity contribution in [1.29, 1.82) is 0 Å². The van der Waals surface area contributed by atoms with Crippen LogP contribution in [0.1, 0.15) is 20.8 Å². The summed E-state index contributed by atoms with van der Waals surface area (Å²) in [7, 11) is 0. The van der Waals surface area contributed by atoms with E-state index in [1.165, 1.54) is 0 Å². The predicted molar refractivity (Wildman–Crippen MR) is 77.3 cm³/mol. The van der Waals surface area contributed by atoms with Gasteiger partial charge in [-0.1, -0.05) is 6.92 Å². The molecule has 0 aromatic heterocycles. The number of hydrogen-bond donors (Lipinski definition) is 1. The van der Waals surface area contributed by atoms with E-state index >= 15 is 0 Å². The molecular weight excluding hydrogens is 266 g/mol. The first-order chi connectivity index (χ1) is 9.12. The largest absolute Gasteiger partial charge is 0.490 e. The molecule has 1 rings (SSSR count). The molecule has 0 fully saturated rings. The van der Waals surface area contributed by atoms with Crippen molar-refractivity contribution in [3.63, 3.8) is 0 Å². The number of ether oxygens (including phenoxy) is 2. The van der Waals surface area contributed by atoms with Crippen LogP contribution in [0.3, 0.4) is 0 Å². The summed E-state index contributed by atoms with van der Waals surface area (Å²) in [6.45, 7) is 6.69. The molecule has 0 heterocycles. The van der Waals surface area contributed by atoms with E-state index in [-0.39, 0.29) is 11.8 Å². The normalized spacial score (nSPS) is 11.8. The molecule has 19 heavy (non-hydrogen) atoms. The monoisotopic (exact) mass is 285 g/mol. The molecule has 0 saturated heterocycles. The SMILES string of the molecule is CCOc1ccc(NC(=O)C(C)CCl)cc1OCC. The third kappa shape index (κ3) is 4.63. The highest BCUT2D eigenvalue weighted by atomic mass is 35.5. The van der Waals surface area contributed by atoms with Crippen molar-refractivity contribution < 1.29 is 14.3 Å². The minimum atomic E-state index is -0.233. The number of carbonyl (C=O) groups is 1. The molecule has 5 heteroatoms. The van der Waals surface area contributed by atoms with E-state index in [1.807, 2.05) is 13.8 Å². The Morgan fingerprint density at radius 3 is 2.47 bits per heavy atom. The highest BCUT2D eigenvalue weighted by molar-refractivity contribution is 6.19. The molecule has 1 atom stereocenters. The first-order valence-corrected chi connectivity index (χ1v) is 6.92. The number of anilines is 1. The molecule has 1 unspecified atom stereocenters. The number of alkyl halides is 1. The Labute approximate surface area is 119 Å². The fraction of sp³-hybridized carbons (Fsp3) is 0.500. The van der Waals surface area contributed by atoms with Crippen LogP contribution in [0.2, 0.25) is 0 Å². The van der Waals surface area contributed by atoms with Gasteiger partial charge in [0, 0.05) is 23.6 Å². The minimum Gasteiger partial charge on any atom is -0.490 e. The lowest BCUT2D eigenvalue weighted by Crippen LogP contribution is -2.21. The maximum absolute atomic E-state index is 11.8. The predicted octanol–water partition coefficient (Wildman–Crippen LogP) is 3.30. The summed E-state index contributed by atoms with van der Waals surface area (Å²) < 4.78 is 11.0. The van der Waals surface area contributed by atoms with Gasteiger partial charge in [-0.2, -0.15) is 0 Å². The lowest BCUT2D eigenvalue weighted by Gasteiger charge is -2.14. The average Bonchev–Trinajstić information content (AvgIpc) is 2.41. The van der Waals surface area contributed by atoms with Crippen molar-refractivity contribution in [3.05, 3.63) is 18.2 Å². The van der Waals surface area contributed by atoms with Gasteiger partial charge in [0.05, 0.1) is 13.2 Å². The second-order valence-electron chi connectivity index (χ2n) is 4.07. The molecule has 0 saturated carbocycles. The Kier molecular flexibility index (Phi) is 6.50. The molecule has 1 aromatic carbocycles. The fourth-order valence-corrected chi connectivity index (χ4v) is 1.60. The molecule has 0 bridgehead atoms. The standard InChI is InChI=1S/C14H20ClNO3/c1-4-18-12-7-6-11(8-13(12)19-5-2)16-14(17)10(3)9-15/h6-8,10H,4-5,9H2,1-3H3,(H,16,17). The number of carbonyl (C=O) groups excluding carboxylic acids is 1. The van der Waals surface area contributed by atoms with Crippen molar-refractivity contribution >= 4 is 23.2 Å². The number of hydrogen-bond acceptors (Lipinski definition) is 3. The number of benzene rings is 1. The molecule has 4 nitrogen and oxygen atoms in total. The first kappa shape index (κ1) is 15.6. The van der Waals surface area contributed by atoms with Gasteiger partial charge < -0.3 is 14.8 Å². The van der Waals surface area contributed by atoms with E-state index < -0.39 is 0 Å². The van der Waals surface area contributed by atoms with Gasteiger partial charge in [0.25, 0.3) is 0 Å². The van der Waals surface area contributed by atoms with Gasteiger partial charge in [-0.25, -0.2) is 0 Å². The lowest BCUT2D eigenvalue weighted by molar-refractivity contribution is -0.118. The van der Waals surface area contributed by atoms with Gasteiger partial charge in [0.15, 0.2) is 11.5 Å². The smallest absolute Gasteiger partial charge is 0.228 e. The Hall–Kier alpha value is -1.42.